The topological polar surface area (TPSA) is 59.8 Å². The van der Waals surface area contributed by atoms with Gasteiger partial charge in [-0.3, -0.25) is 4.79 Å². The summed E-state index contributed by atoms with van der Waals surface area (Å²) in [6.45, 7) is 1.90. The van der Waals surface area contributed by atoms with Crippen molar-refractivity contribution in [3.05, 3.63) is 77.1 Å². The summed E-state index contributed by atoms with van der Waals surface area (Å²) in [7, 11) is 0. The first-order chi connectivity index (χ1) is 11.5. The van der Waals surface area contributed by atoms with E-state index in [0.29, 0.717) is 11.3 Å². The summed E-state index contributed by atoms with van der Waals surface area (Å²) in [5.74, 6) is -1.04. The van der Waals surface area contributed by atoms with Crippen molar-refractivity contribution < 1.29 is 13.6 Å². The fourth-order valence-electron chi connectivity index (χ4n) is 2.14. The second kappa shape index (κ2) is 6.57. The SMILES string of the molecule is Cc1cc(-n2cc(C(=O)NCc3ccc(F)cc3)nn2)ccc1F. The normalized spacial score (nSPS) is 10.6. The van der Waals surface area contributed by atoms with E-state index >= 15 is 0 Å². The second-order valence-corrected chi connectivity index (χ2v) is 5.29. The first kappa shape index (κ1) is 15.8. The summed E-state index contributed by atoms with van der Waals surface area (Å²) in [6.07, 6.45) is 1.46. The standard InChI is InChI=1S/C17H14F2N4O/c1-11-8-14(6-7-15(11)19)23-10-16(21-22-23)17(24)20-9-12-2-4-13(18)5-3-12/h2-8,10H,9H2,1H3,(H,20,24). The van der Waals surface area contributed by atoms with Crippen LogP contribution in [0.15, 0.2) is 48.7 Å². The van der Waals surface area contributed by atoms with Crippen LogP contribution in [0.2, 0.25) is 0 Å². The highest BCUT2D eigenvalue weighted by atomic mass is 19.1. The largest absolute Gasteiger partial charge is 0.347 e. The molecular formula is C17H14F2N4O. The summed E-state index contributed by atoms with van der Waals surface area (Å²) in [6, 6.07) is 10.3. The minimum absolute atomic E-state index is 0.138. The third-order valence-corrected chi connectivity index (χ3v) is 3.50. The molecule has 0 bridgehead atoms. The molecule has 7 heteroatoms. The van der Waals surface area contributed by atoms with Gasteiger partial charge in [-0.05, 0) is 48.4 Å². The summed E-state index contributed by atoms with van der Waals surface area (Å²) in [5, 5.41) is 10.4. The molecule has 0 aliphatic rings. The Kier molecular flexibility index (Phi) is 4.33. The molecule has 0 atom stereocenters. The van der Waals surface area contributed by atoms with E-state index in [1.165, 1.54) is 29.1 Å². The summed E-state index contributed by atoms with van der Waals surface area (Å²) in [5.41, 5.74) is 2.00. The lowest BCUT2D eigenvalue weighted by atomic mass is 10.2. The van der Waals surface area contributed by atoms with Crippen LogP contribution in [0, 0.1) is 18.6 Å². The van der Waals surface area contributed by atoms with Crippen LogP contribution < -0.4 is 5.32 Å². The van der Waals surface area contributed by atoms with Crippen LogP contribution in [0.25, 0.3) is 5.69 Å². The number of carbonyl (C=O) groups excluding carboxylic acids is 1. The van der Waals surface area contributed by atoms with Crippen LogP contribution in [-0.4, -0.2) is 20.9 Å². The predicted molar refractivity (Wildman–Crippen MR) is 83.6 cm³/mol. The Hall–Kier alpha value is -3.09. The molecule has 1 aromatic heterocycles. The molecule has 0 unspecified atom stereocenters. The molecule has 3 rings (SSSR count). The molecule has 0 aliphatic carbocycles. The van der Waals surface area contributed by atoms with Crippen molar-refractivity contribution >= 4 is 5.91 Å². The molecule has 1 amide bonds. The fourth-order valence-corrected chi connectivity index (χ4v) is 2.14. The Labute approximate surface area is 136 Å². The van der Waals surface area contributed by atoms with Gasteiger partial charge in [0.1, 0.15) is 11.6 Å². The lowest BCUT2D eigenvalue weighted by Crippen LogP contribution is -2.23. The van der Waals surface area contributed by atoms with E-state index in [1.807, 2.05) is 0 Å². The number of aromatic nitrogens is 3. The van der Waals surface area contributed by atoms with Crippen LogP contribution in [-0.2, 0) is 6.54 Å². The van der Waals surface area contributed by atoms with Crippen molar-refractivity contribution in [1.29, 1.82) is 0 Å². The number of hydrogen-bond donors (Lipinski definition) is 1. The van der Waals surface area contributed by atoms with E-state index in [0.717, 1.165) is 5.56 Å². The van der Waals surface area contributed by atoms with Gasteiger partial charge in [0, 0.05) is 6.54 Å². The number of hydrogen-bond acceptors (Lipinski definition) is 3. The second-order valence-electron chi connectivity index (χ2n) is 5.29. The van der Waals surface area contributed by atoms with Crippen molar-refractivity contribution in [2.45, 2.75) is 13.5 Å². The molecule has 0 spiro atoms. The number of nitrogens with one attached hydrogen (secondary N) is 1. The van der Waals surface area contributed by atoms with E-state index in [2.05, 4.69) is 15.6 Å². The molecule has 1 N–H and O–H groups in total. The summed E-state index contributed by atoms with van der Waals surface area (Å²) < 4.78 is 27.5. The van der Waals surface area contributed by atoms with E-state index in [1.54, 1.807) is 31.2 Å². The van der Waals surface area contributed by atoms with E-state index < -0.39 is 5.91 Å². The van der Waals surface area contributed by atoms with Crippen molar-refractivity contribution in [2.24, 2.45) is 0 Å². The summed E-state index contributed by atoms with van der Waals surface area (Å²) >= 11 is 0. The smallest absolute Gasteiger partial charge is 0.273 e. The van der Waals surface area contributed by atoms with Crippen LogP contribution in [0.3, 0.4) is 0 Å². The van der Waals surface area contributed by atoms with Crippen LogP contribution in [0.5, 0.6) is 0 Å². The monoisotopic (exact) mass is 328 g/mol. The summed E-state index contributed by atoms with van der Waals surface area (Å²) in [4.78, 5) is 12.1. The highest BCUT2D eigenvalue weighted by Crippen LogP contribution is 2.13. The minimum Gasteiger partial charge on any atom is -0.347 e. The number of aryl methyl sites for hydroxylation is 1. The van der Waals surface area contributed by atoms with Crippen molar-refractivity contribution in [2.75, 3.05) is 0 Å². The van der Waals surface area contributed by atoms with Gasteiger partial charge in [-0.1, -0.05) is 17.3 Å². The number of carbonyl (C=O) groups is 1. The van der Waals surface area contributed by atoms with Gasteiger partial charge < -0.3 is 5.32 Å². The maximum Gasteiger partial charge on any atom is 0.273 e. The van der Waals surface area contributed by atoms with E-state index in [9.17, 15) is 13.6 Å². The molecule has 0 radical (unpaired) electrons. The van der Waals surface area contributed by atoms with Crippen LogP contribution in [0.4, 0.5) is 8.78 Å². The van der Waals surface area contributed by atoms with Gasteiger partial charge in [-0.2, -0.15) is 0 Å². The van der Waals surface area contributed by atoms with Gasteiger partial charge in [0.25, 0.3) is 5.91 Å². The molecule has 5 nitrogen and oxygen atoms in total. The van der Waals surface area contributed by atoms with Crippen LogP contribution >= 0.6 is 0 Å². The maximum absolute atomic E-state index is 13.3. The van der Waals surface area contributed by atoms with Gasteiger partial charge in [-0.25, -0.2) is 13.5 Å². The maximum atomic E-state index is 13.3. The molecule has 0 saturated heterocycles. The van der Waals surface area contributed by atoms with E-state index in [-0.39, 0.29) is 23.9 Å². The zero-order chi connectivity index (χ0) is 17.1. The number of halogens is 2. The number of amides is 1. The lowest BCUT2D eigenvalue weighted by molar-refractivity contribution is 0.0946. The zero-order valence-electron chi connectivity index (χ0n) is 12.8. The molecular weight excluding hydrogens is 314 g/mol. The average molecular weight is 328 g/mol. The van der Waals surface area contributed by atoms with Crippen molar-refractivity contribution in [3.8, 4) is 5.69 Å². The van der Waals surface area contributed by atoms with Crippen molar-refractivity contribution in [3.63, 3.8) is 0 Å². The minimum atomic E-state index is -0.399. The molecule has 3 aromatic rings. The Balaban J connectivity index is 1.69. The van der Waals surface area contributed by atoms with Crippen LogP contribution in [0.1, 0.15) is 21.6 Å². The first-order valence-corrected chi connectivity index (χ1v) is 7.24. The lowest BCUT2D eigenvalue weighted by Gasteiger charge is -2.03. The van der Waals surface area contributed by atoms with Gasteiger partial charge in [0.2, 0.25) is 0 Å². The Morgan fingerprint density at radius 2 is 1.92 bits per heavy atom. The first-order valence-electron chi connectivity index (χ1n) is 7.24. The van der Waals surface area contributed by atoms with E-state index in [4.69, 9.17) is 0 Å². The molecule has 1 heterocycles. The molecule has 0 fully saturated rings. The van der Waals surface area contributed by atoms with Gasteiger partial charge in [-0.15, -0.1) is 5.10 Å². The highest BCUT2D eigenvalue weighted by Gasteiger charge is 2.12. The number of rotatable bonds is 4. The van der Waals surface area contributed by atoms with Gasteiger partial charge in [0.05, 0.1) is 11.9 Å². The van der Waals surface area contributed by atoms with Gasteiger partial charge >= 0.3 is 0 Å². The third-order valence-electron chi connectivity index (χ3n) is 3.50. The molecule has 0 saturated carbocycles. The Bertz CT molecular complexity index is 875. The fraction of sp³-hybridized carbons (Fsp3) is 0.118. The Morgan fingerprint density at radius 1 is 1.17 bits per heavy atom. The predicted octanol–water partition coefficient (Wildman–Crippen LogP) is 2.78. The highest BCUT2D eigenvalue weighted by molar-refractivity contribution is 5.91. The van der Waals surface area contributed by atoms with Crippen molar-refractivity contribution in [1.82, 2.24) is 20.3 Å². The number of benzene rings is 2. The quantitative estimate of drug-likeness (QED) is 0.801. The average Bonchev–Trinajstić information content (AvgIpc) is 3.07. The molecule has 122 valence electrons. The Morgan fingerprint density at radius 3 is 2.62 bits per heavy atom. The molecule has 24 heavy (non-hydrogen) atoms. The molecule has 2 aromatic carbocycles. The third kappa shape index (κ3) is 3.45. The van der Waals surface area contributed by atoms with Gasteiger partial charge in [0.15, 0.2) is 5.69 Å². The molecule has 0 aliphatic heterocycles. The zero-order valence-corrected chi connectivity index (χ0v) is 12.8. The number of nitrogens with zero attached hydrogens (tertiary/aromatic N) is 3.